The molecule has 0 amide bonds. The molecule has 1 aliphatic rings. The minimum absolute atomic E-state index is 0.394. The fourth-order valence-electron chi connectivity index (χ4n) is 2.53. The third-order valence-electron chi connectivity index (χ3n) is 3.16. The summed E-state index contributed by atoms with van der Waals surface area (Å²) in [7, 11) is 0. The van der Waals surface area contributed by atoms with Crippen molar-refractivity contribution in [2.75, 3.05) is 0 Å². The lowest BCUT2D eigenvalue weighted by molar-refractivity contribution is -0.138. The van der Waals surface area contributed by atoms with Gasteiger partial charge in [-0.2, -0.15) is 0 Å². The van der Waals surface area contributed by atoms with Crippen LogP contribution in [0.5, 0.6) is 0 Å². The van der Waals surface area contributed by atoms with Crippen molar-refractivity contribution in [3.8, 4) is 0 Å². The zero-order chi connectivity index (χ0) is 9.68. The molecule has 0 aliphatic heterocycles. The van der Waals surface area contributed by atoms with Gasteiger partial charge in [0, 0.05) is 6.42 Å². The molecule has 13 heavy (non-hydrogen) atoms. The van der Waals surface area contributed by atoms with Crippen LogP contribution >= 0.6 is 0 Å². The fraction of sp³-hybridized carbons (Fsp3) is 0.909. The Labute approximate surface area is 80.3 Å². The molecule has 2 atom stereocenters. The van der Waals surface area contributed by atoms with Gasteiger partial charge in [-0.25, -0.2) is 0 Å². The third kappa shape index (κ3) is 3.37. The predicted octanol–water partition coefficient (Wildman–Crippen LogP) is 3.07. The minimum Gasteiger partial charge on any atom is -0.481 e. The van der Waals surface area contributed by atoms with Crippen LogP contribution in [0.25, 0.3) is 0 Å². The molecule has 0 aromatic carbocycles. The highest BCUT2D eigenvalue weighted by Gasteiger charge is 2.25. The first-order chi connectivity index (χ1) is 6.24. The van der Waals surface area contributed by atoms with Gasteiger partial charge in [0.2, 0.25) is 0 Å². The molecular weight excluding hydrogens is 164 g/mol. The summed E-state index contributed by atoms with van der Waals surface area (Å²) >= 11 is 0. The van der Waals surface area contributed by atoms with E-state index in [0.717, 1.165) is 6.42 Å². The molecule has 1 aliphatic carbocycles. The molecule has 0 saturated heterocycles. The van der Waals surface area contributed by atoms with Crippen molar-refractivity contribution in [3.63, 3.8) is 0 Å². The van der Waals surface area contributed by atoms with Gasteiger partial charge >= 0.3 is 5.97 Å². The summed E-state index contributed by atoms with van der Waals surface area (Å²) in [5.41, 5.74) is 0. The zero-order valence-corrected chi connectivity index (χ0v) is 8.46. The maximum atomic E-state index is 10.6. The van der Waals surface area contributed by atoms with Crippen molar-refractivity contribution < 1.29 is 9.90 Å². The van der Waals surface area contributed by atoms with Gasteiger partial charge in [0.15, 0.2) is 0 Å². The molecular formula is C11H20O2. The lowest BCUT2D eigenvalue weighted by Crippen LogP contribution is -2.22. The van der Waals surface area contributed by atoms with E-state index in [-0.39, 0.29) is 0 Å². The maximum absolute atomic E-state index is 10.6. The van der Waals surface area contributed by atoms with Crippen molar-refractivity contribution in [3.05, 3.63) is 0 Å². The van der Waals surface area contributed by atoms with E-state index in [2.05, 4.69) is 6.92 Å². The minimum atomic E-state index is -0.618. The molecule has 0 aromatic heterocycles. The number of carboxylic acids is 1. The normalized spacial score (nSPS) is 28.7. The average Bonchev–Trinajstić information content (AvgIpc) is 2.08. The Bertz CT molecular complexity index is 163. The first-order valence-corrected chi connectivity index (χ1v) is 5.45. The second-order valence-electron chi connectivity index (χ2n) is 4.19. The molecule has 1 rings (SSSR count). The predicted molar refractivity (Wildman–Crippen MR) is 52.6 cm³/mol. The summed E-state index contributed by atoms with van der Waals surface area (Å²) in [6.45, 7) is 2.19. The number of hydrogen-bond acceptors (Lipinski definition) is 1. The van der Waals surface area contributed by atoms with Crippen LogP contribution in [0.1, 0.15) is 51.9 Å². The van der Waals surface area contributed by atoms with E-state index in [4.69, 9.17) is 5.11 Å². The summed E-state index contributed by atoms with van der Waals surface area (Å²) in [5.74, 6) is 0.536. The van der Waals surface area contributed by atoms with Crippen LogP contribution in [-0.4, -0.2) is 11.1 Å². The Hall–Kier alpha value is -0.530. The van der Waals surface area contributed by atoms with Crippen molar-refractivity contribution in [1.29, 1.82) is 0 Å². The van der Waals surface area contributed by atoms with Crippen LogP contribution in [0.2, 0.25) is 0 Å². The number of carboxylic acid groups (broad SMARTS) is 1. The van der Waals surface area contributed by atoms with Crippen molar-refractivity contribution in [1.82, 2.24) is 0 Å². The molecule has 0 spiro atoms. The molecule has 0 bridgehead atoms. The van der Waals surface area contributed by atoms with E-state index in [1.165, 1.54) is 32.1 Å². The monoisotopic (exact) mass is 184 g/mol. The van der Waals surface area contributed by atoms with E-state index in [9.17, 15) is 4.79 Å². The molecule has 1 saturated carbocycles. The highest BCUT2D eigenvalue weighted by molar-refractivity contribution is 5.67. The van der Waals surface area contributed by atoms with Crippen molar-refractivity contribution in [2.24, 2.45) is 11.8 Å². The first-order valence-electron chi connectivity index (χ1n) is 5.45. The third-order valence-corrected chi connectivity index (χ3v) is 3.16. The standard InChI is InChI=1S/C11H20O2/c1-2-5-9-6-3-4-7-10(9)8-11(12)13/h9-10H,2-8H2,1H3,(H,12,13)/t9-,10+/m0/s1. The topological polar surface area (TPSA) is 37.3 Å². The number of carbonyl (C=O) groups is 1. The van der Waals surface area contributed by atoms with E-state index >= 15 is 0 Å². The van der Waals surface area contributed by atoms with E-state index < -0.39 is 5.97 Å². The summed E-state index contributed by atoms with van der Waals surface area (Å²) < 4.78 is 0. The number of rotatable bonds is 4. The number of hydrogen-bond donors (Lipinski definition) is 1. The van der Waals surface area contributed by atoms with Crippen molar-refractivity contribution in [2.45, 2.75) is 51.9 Å². The highest BCUT2D eigenvalue weighted by atomic mass is 16.4. The SMILES string of the molecule is CCC[C@H]1CCCC[C@@H]1CC(=O)O. The molecule has 0 aromatic rings. The van der Waals surface area contributed by atoms with E-state index in [1.54, 1.807) is 0 Å². The van der Waals surface area contributed by atoms with Gasteiger partial charge in [0.1, 0.15) is 0 Å². The largest absolute Gasteiger partial charge is 0.481 e. The van der Waals surface area contributed by atoms with Gasteiger partial charge in [-0.15, -0.1) is 0 Å². The Morgan fingerprint density at radius 3 is 2.46 bits per heavy atom. The van der Waals surface area contributed by atoms with Gasteiger partial charge < -0.3 is 5.11 Å². The van der Waals surface area contributed by atoms with Crippen LogP contribution in [0, 0.1) is 11.8 Å². The molecule has 0 unspecified atom stereocenters. The van der Waals surface area contributed by atoms with Gasteiger partial charge in [-0.05, 0) is 18.3 Å². The lowest BCUT2D eigenvalue weighted by Gasteiger charge is -2.30. The second kappa shape index (κ2) is 5.25. The molecule has 2 nitrogen and oxygen atoms in total. The van der Waals surface area contributed by atoms with Gasteiger partial charge in [0.25, 0.3) is 0 Å². The molecule has 0 radical (unpaired) electrons. The van der Waals surface area contributed by atoms with Crippen molar-refractivity contribution >= 4 is 5.97 Å². The Morgan fingerprint density at radius 1 is 1.31 bits per heavy atom. The summed E-state index contributed by atoms with van der Waals surface area (Å²) in [6.07, 6.45) is 7.74. The molecule has 1 fully saturated rings. The Kier molecular flexibility index (Phi) is 4.26. The van der Waals surface area contributed by atoms with Gasteiger partial charge in [-0.3, -0.25) is 4.79 Å². The smallest absolute Gasteiger partial charge is 0.303 e. The zero-order valence-electron chi connectivity index (χ0n) is 8.46. The van der Waals surface area contributed by atoms with Gasteiger partial charge in [0.05, 0.1) is 0 Å². The fourth-order valence-corrected chi connectivity index (χ4v) is 2.53. The molecule has 0 heterocycles. The second-order valence-corrected chi connectivity index (χ2v) is 4.19. The summed E-state index contributed by atoms with van der Waals surface area (Å²) in [6, 6.07) is 0. The summed E-state index contributed by atoms with van der Waals surface area (Å²) in [5, 5.41) is 8.75. The van der Waals surface area contributed by atoms with E-state index in [1.807, 2.05) is 0 Å². The van der Waals surface area contributed by atoms with Crippen LogP contribution < -0.4 is 0 Å². The van der Waals surface area contributed by atoms with E-state index in [0.29, 0.717) is 18.3 Å². The molecule has 2 heteroatoms. The number of aliphatic carboxylic acids is 1. The molecule has 76 valence electrons. The Morgan fingerprint density at radius 2 is 1.92 bits per heavy atom. The van der Waals surface area contributed by atoms with Crippen LogP contribution in [0.3, 0.4) is 0 Å². The van der Waals surface area contributed by atoms with Crippen LogP contribution in [0.4, 0.5) is 0 Å². The van der Waals surface area contributed by atoms with Gasteiger partial charge in [-0.1, -0.05) is 39.0 Å². The Balaban J connectivity index is 2.41. The first kappa shape index (κ1) is 10.6. The maximum Gasteiger partial charge on any atom is 0.303 e. The van der Waals surface area contributed by atoms with Crippen LogP contribution in [-0.2, 0) is 4.79 Å². The molecule has 1 N–H and O–H groups in total. The highest BCUT2D eigenvalue weighted by Crippen LogP contribution is 2.35. The van der Waals surface area contributed by atoms with Crippen LogP contribution in [0.15, 0.2) is 0 Å². The average molecular weight is 184 g/mol. The lowest BCUT2D eigenvalue weighted by atomic mass is 9.75. The summed E-state index contributed by atoms with van der Waals surface area (Å²) in [4.78, 5) is 10.6. The quantitative estimate of drug-likeness (QED) is 0.729.